The van der Waals surface area contributed by atoms with E-state index in [1.54, 1.807) is 37.0 Å². The zero-order chi connectivity index (χ0) is 14.5. The highest BCUT2D eigenvalue weighted by Gasteiger charge is 2.06. The number of furan rings is 3. The minimum Gasteiger partial charge on any atom is -0.472 e. The lowest BCUT2D eigenvalue weighted by atomic mass is 10.3. The van der Waals surface area contributed by atoms with Gasteiger partial charge in [-0.2, -0.15) is 0 Å². The number of rotatable bonds is 5. The van der Waals surface area contributed by atoms with Gasteiger partial charge in [0.1, 0.15) is 23.5 Å². The normalized spacial score (nSPS) is 11.0. The molecule has 1 N–H and O–H groups in total. The molecule has 0 aliphatic carbocycles. The van der Waals surface area contributed by atoms with Crippen molar-refractivity contribution in [3.8, 4) is 11.3 Å². The Labute approximate surface area is 120 Å². The Morgan fingerprint density at radius 1 is 1.19 bits per heavy atom. The van der Waals surface area contributed by atoms with E-state index in [-0.39, 0.29) is 5.91 Å². The number of hydrogen-bond acceptors (Lipinski definition) is 4. The number of carbonyl (C=O) groups is 1. The maximum absolute atomic E-state index is 11.7. The summed E-state index contributed by atoms with van der Waals surface area (Å²) in [5, 5.41) is 2.74. The third kappa shape index (κ3) is 3.33. The molecule has 0 aliphatic heterocycles. The van der Waals surface area contributed by atoms with Crippen LogP contribution in [0.25, 0.3) is 17.4 Å². The van der Waals surface area contributed by atoms with E-state index < -0.39 is 0 Å². The van der Waals surface area contributed by atoms with Crippen LogP contribution in [0.5, 0.6) is 0 Å². The minimum absolute atomic E-state index is 0.215. The Kier molecular flexibility index (Phi) is 3.73. The summed E-state index contributed by atoms with van der Waals surface area (Å²) in [5.41, 5.74) is 0.866. The molecule has 0 radical (unpaired) electrons. The average Bonchev–Trinajstić information content (AvgIpc) is 3.24. The Hall–Kier alpha value is -2.95. The van der Waals surface area contributed by atoms with Crippen molar-refractivity contribution in [3.05, 3.63) is 66.7 Å². The summed E-state index contributed by atoms with van der Waals surface area (Å²) in [6.07, 6.45) is 7.76. The lowest BCUT2D eigenvalue weighted by Crippen LogP contribution is -2.19. The van der Waals surface area contributed by atoms with Crippen molar-refractivity contribution in [2.45, 2.75) is 6.54 Å². The van der Waals surface area contributed by atoms with Crippen molar-refractivity contribution in [1.29, 1.82) is 0 Å². The lowest BCUT2D eigenvalue weighted by Gasteiger charge is -1.98. The summed E-state index contributed by atoms with van der Waals surface area (Å²) in [6, 6.07) is 9.00. The molecule has 0 aromatic carbocycles. The molecule has 0 atom stereocenters. The first-order valence-corrected chi connectivity index (χ1v) is 6.42. The highest BCUT2D eigenvalue weighted by molar-refractivity contribution is 5.91. The van der Waals surface area contributed by atoms with Crippen LogP contribution in [0.15, 0.2) is 68.4 Å². The van der Waals surface area contributed by atoms with E-state index in [9.17, 15) is 4.79 Å². The van der Waals surface area contributed by atoms with Gasteiger partial charge in [0.05, 0.1) is 24.6 Å². The van der Waals surface area contributed by atoms with Gasteiger partial charge < -0.3 is 18.6 Å². The van der Waals surface area contributed by atoms with E-state index >= 15 is 0 Å². The van der Waals surface area contributed by atoms with E-state index in [1.165, 1.54) is 6.08 Å². The molecule has 0 spiro atoms. The average molecular weight is 283 g/mol. The summed E-state index contributed by atoms with van der Waals surface area (Å²) in [4.78, 5) is 11.7. The summed E-state index contributed by atoms with van der Waals surface area (Å²) in [7, 11) is 0. The van der Waals surface area contributed by atoms with Crippen LogP contribution in [-0.2, 0) is 11.3 Å². The molecule has 21 heavy (non-hydrogen) atoms. The Bertz CT molecular complexity index is 720. The quantitative estimate of drug-likeness (QED) is 0.728. The first-order valence-electron chi connectivity index (χ1n) is 6.42. The van der Waals surface area contributed by atoms with Crippen LogP contribution in [0.4, 0.5) is 0 Å². The second-order valence-corrected chi connectivity index (χ2v) is 4.34. The lowest BCUT2D eigenvalue weighted by molar-refractivity contribution is -0.116. The molecule has 3 rings (SSSR count). The van der Waals surface area contributed by atoms with Gasteiger partial charge in [0.25, 0.3) is 0 Å². The van der Waals surface area contributed by atoms with Crippen LogP contribution < -0.4 is 5.32 Å². The molecule has 0 saturated heterocycles. The molecule has 5 nitrogen and oxygen atoms in total. The van der Waals surface area contributed by atoms with Gasteiger partial charge in [0, 0.05) is 6.08 Å². The van der Waals surface area contributed by atoms with Crippen LogP contribution in [0.1, 0.15) is 11.5 Å². The fraction of sp³-hybridized carbons (Fsp3) is 0.0625. The Morgan fingerprint density at radius 2 is 2.14 bits per heavy atom. The van der Waals surface area contributed by atoms with Crippen molar-refractivity contribution < 1.29 is 18.0 Å². The topological polar surface area (TPSA) is 68.5 Å². The predicted octanol–water partition coefficient (Wildman–Crippen LogP) is 3.46. The SMILES string of the molecule is O=C(C=Cc1ccco1)NCc1ccc(-c2ccoc2)o1. The van der Waals surface area contributed by atoms with Crippen LogP contribution in [0, 0.1) is 0 Å². The van der Waals surface area contributed by atoms with Gasteiger partial charge in [0.15, 0.2) is 0 Å². The van der Waals surface area contributed by atoms with Gasteiger partial charge in [-0.15, -0.1) is 0 Å². The van der Waals surface area contributed by atoms with Gasteiger partial charge in [-0.3, -0.25) is 4.79 Å². The molecule has 5 heteroatoms. The zero-order valence-electron chi connectivity index (χ0n) is 11.1. The molecule has 1 amide bonds. The summed E-state index contributed by atoms with van der Waals surface area (Å²) in [5.74, 6) is 1.79. The van der Waals surface area contributed by atoms with E-state index in [2.05, 4.69) is 5.32 Å². The number of hydrogen-bond donors (Lipinski definition) is 1. The third-order valence-electron chi connectivity index (χ3n) is 2.85. The summed E-state index contributed by atoms with van der Waals surface area (Å²) < 4.78 is 15.7. The molecule has 0 unspecified atom stereocenters. The molecule has 106 valence electrons. The highest BCUT2D eigenvalue weighted by Crippen LogP contribution is 2.22. The smallest absolute Gasteiger partial charge is 0.244 e. The second kappa shape index (κ2) is 6.00. The zero-order valence-corrected chi connectivity index (χ0v) is 11.1. The maximum Gasteiger partial charge on any atom is 0.244 e. The first kappa shape index (κ1) is 13.1. The second-order valence-electron chi connectivity index (χ2n) is 4.34. The molecular weight excluding hydrogens is 270 g/mol. The van der Waals surface area contributed by atoms with Crippen LogP contribution in [0.3, 0.4) is 0 Å². The molecule has 0 saturated carbocycles. The monoisotopic (exact) mass is 283 g/mol. The molecular formula is C16H13NO4. The van der Waals surface area contributed by atoms with Crippen molar-refractivity contribution in [2.24, 2.45) is 0 Å². The van der Waals surface area contributed by atoms with Crippen LogP contribution >= 0.6 is 0 Å². The minimum atomic E-state index is -0.215. The molecule has 0 bridgehead atoms. The van der Waals surface area contributed by atoms with E-state index in [1.807, 2.05) is 18.2 Å². The standard InChI is InChI=1S/C16H13NO4/c18-16(6-4-13-2-1-8-20-13)17-10-14-3-5-15(21-14)12-7-9-19-11-12/h1-9,11H,10H2,(H,17,18). The summed E-state index contributed by atoms with van der Waals surface area (Å²) >= 11 is 0. The predicted molar refractivity (Wildman–Crippen MR) is 76.0 cm³/mol. The van der Waals surface area contributed by atoms with Gasteiger partial charge >= 0.3 is 0 Å². The number of amides is 1. The van der Waals surface area contributed by atoms with E-state index in [0.29, 0.717) is 23.8 Å². The third-order valence-corrected chi connectivity index (χ3v) is 2.85. The van der Waals surface area contributed by atoms with E-state index in [4.69, 9.17) is 13.3 Å². The first-order chi connectivity index (χ1) is 10.3. The largest absolute Gasteiger partial charge is 0.472 e. The van der Waals surface area contributed by atoms with Gasteiger partial charge in [0.2, 0.25) is 5.91 Å². The fourth-order valence-corrected chi connectivity index (χ4v) is 1.81. The highest BCUT2D eigenvalue weighted by atomic mass is 16.3. The van der Waals surface area contributed by atoms with Gasteiger partial charge in [-0.05, 0) is 36.4 Å². The van der Waals surface area contributed by atoms with Gasteiger partial charge in [-0.25, -0.2) is 0 Å². The Balaban J connectivity index is 1.54. The maximum atomic E-state index is 11.7. The van der Waals surface area contributed by atoms with Crippen molar-refractivity contribution in [2.75, 3.05) is 0 Å². The van der Waals surface area contributed by atoms with E-state index in [0.717, 1.165) is 5.56 Å². The van der Waals surface area contributed by atoms with Crippen molar-refractivity contribution in [3.63, 3.8) is 0 Å². The Morgan fingerprint density at radius 3 is 2.90 bits per heavy atom. The molecule has 0 aliphatic rings. The fourth-order valence-electron chi connectivity index (χ4n) is 1.81. The van der Waals surface area contributed by atoms with Crippen LogP contribution in [-0.4, -0.2) is 5.91 Å². The molecule has 0 fully saturated rings. The number of carbonyl (C=O) groups excluding carboxylic acids is 1. The number of nitrogens with one attached hydrogen (secondary N) is 1. The molecule has 3 aromatic rings. The molecule has 3 aromatic heterocycles. The van der Waals surface area contributed by atoms with Crippen LogP contribution in [0.2, 0.25) is 0 Å². The van der Waals surface area contributed by atoms with Crippen molar-refractivity contribution >= 4 is 12.0 Å². The van der Waals surface area contributed by atoms with Gasteiger partial charge in [-0.1, -0.05) is 0 Å². The molecule has 3 heterocycles. The summed E-state index contributed by atoms with van der Waals surface area (Å²) in [6.45, 7) is 0.319. The van der Waals surface area contributed by atoms with Crippen molar-refractivity contribution in [1.82, 2.24) is 5.32 Å².